The largest absolute Gasteiger partial charge is 0.462 e. The Morgan fingerprint density at radius 3 is 2.67 bits per heavy atom. The van der Waals surface area contributed by atoms with E-state index in [-0.39, 0.29) is 16.7 Å². The van der Waals surface area contributed by atoms with Crippen LogP contribution in [0.2, 0.25) is 0 Å². The highest BCUT2D eigenvalue weighted by Crippen LogP contribution is 2.39. The molecule has 2 amide bonds. The molecule has 2 aliphatic rings. The fourth-order valence-electron chi connectivity index (χ4n) is 4.51. The van der Waals surface area contributed by atoms with E-state index in [0.29, 0.717) is 18.7 Å². The van der Waals surface area contributed by atoms with Crippen molar-refractivity contribution in [2.24, 2.45) is 0 Å². The van der Waals surface area contributed by atoms with Crippen molar-refractivity contribution in [1.82, 2.24) is 14.8 Å². The lowest BCUT2D eigenvalue weighted by atomic mass is 9.95. The van der Waals surface area contributed by atoms with E-state index in [4.69, 9.17) is 17.0 Å². The highest BCUT2D eigenvalue weighted by atomic mass is 32.1. The van der Waals surface area contributed by atoms with Crippen LogP contribution in [-0.2, 0) is 27.2 Å². The number of likely N-dealkylation sites (N-methyl/N-ethyl adjacent to an activating group) is 1. The van der Waals surface area contributed by atoms with Crippen molar-refractivity contribution in [3.8, 4) is 5.00 Å². The molecule has 174 valence electrons. The first-order valence-corrected chi connectivity index (χ1v) is 12.4. The van der Waals surface area contributed by atoms with E-state index in [1.54, 1.807) is 24.3 Å². The lowest BCUT2D eigenvalue weighted by Crippen LogP contribution is -2.53. The highest BCUT2D eigenvalue weighted by Gasteiger charge is 2.33. The first-order valence-electron chi connectivity index (χ1n) is 11.2. The van der Waals surface area contributed by atoms with Crippen LogP contribution in [0.3, 0.4) is 0 Å². The number of thiocarbonyl (C=S) groups is 1. The Morgan fingerprint density at radius 2 is 1.97 bits per heavy atom. The minimum Gasteiger partial charge on any atom is -0.462 e. The van der Waals surface area contributed by atoms with Gasteiger partial charge in [-0.1, -0.05) is 0 Å². The molecule has 1 fully saturated rings. The van der Waals surface area contributed by atoms with Crippen LogP contribution < -0.4 is 5.32 Å². The molecule has 0 atom stereocenters. The molecule has 1 saturated heterocycles. The second kappa shape index (κ2) is 9.23. The molecule has 4 rings (SSSR count). The summed E-state index contributed by atoms with van der Waals surface area (Å²) < 4.78 is 7.45. The summed E-state index contributed by atoms with van der Waals surface area (Å²) >= 11 is 6.75. The molecule has 2 aromatic heterocycles. The van der Waals surface area contributed by atoms with Crippen molar-refractivity contribution in [3.63, 3.8) is 0 Å². The van der Waals surface area contributed by atoms with E-state index in [0.717, 1.165) is 53.2 Å². The van der Waals surface area contributed by atoms with Crippen LogP contribution in [-0.4, -0.2) is 45.5 Å². The van der Waals surface area contributed by atoms with Crippen molar-refractivity contribution in [3.05, 3.63) is 44.6 Å². The average molecular weight is 486 g/mol. The molecular formula is C24H27N3O4S2. The molecule has 2 aromatic rings. The number of aryl methyl sites for hydroxylation is 2. The summed E-state index contributed by atoms with van der Waals surface area (Å²) in [5.41, 5.74) is 4.29. The third-order valence-corrected chi connectivity index (χ3v) is 7.71. The van der Waals surface area contributed by atoms with Crippen molar-refractivity contribution in [2.45, 2.75) is 53.4 Å². The van der Waals surface area contributed by atoms with Gasteiger partial charge in [0.2, 0.25) is 0 Å². The van der Waals surface area contributed by atoms with Crippen LogP contribution in [0.5, 0.6) is 0 Å². The van der Waals surface area contributed by atoms with Crippen LogP contribution in [0.4, 0.5) is 0 Å². The van der Waals surface area contributed by atoms with Gasteiger partial charge in [-0.05, 0) is 88.9 Å². The normalized spacial score (nSPS) is 17.4. The van der Waals surface area contributed by atoms with Gasteiger partial charge in [0.15, 0.2) is 5.11 Å². The predicted molar refractivity (Wildman–Crippen MR) is 132 cm³/mol. The number of nitrogens with one attached hydrogen (secondary N) is 1. The maximum atomic E-state index is 12.9. The molecule has 1 N–H and O–H groups in total. The van der Waals surface area contributed by atoms with E-state index in [1.807, 2.05) is 31.4 Å². The number of amides is 2. The molecule has 0 unspecified atom stereocenters. The van der Waals surface area contributed by atoms with Crippen molar-refractivity contribution >= 4 is 52.5 Å². The van der Waals surface area contributed by atoms with E-state index in [9.17, 15) is 14.4 Å². The maximum absolute atomic E-state index is 12.9. The SMILES string of the molecule is CCOC(=O)c1c(-n2c(C)cc(/C=C3\C(=O)NC(=S)N(CC)C3=O)c2C)sc2c1CCCC2. The number of carbonyl (C=O) groups is 3. The van der Waals surface area contributed by atoms with E-state index >= 15 is 0 Å². The summed E-state index contributed by atoms with van der Waals surface area (Å²) in [6, 6.07) is 1.93. The second-order valence-electron chi connectivity index (χ2n) is 8.14. The number of hydrogen-bond donors (Lipinski definition) is 1. The molecule has 0 aromatic carbocycles. The minimum absolute atomic E-state index is 0.0433. The number of carbonyl (C=O) groups excluding carboxylic acids is 3. The van der Waals surface area contributed by atoms with Crippen LogP contribution in [0, 0.1) is 13.8 Å². The molecular weight excluding hydrogens is 458 g/mol. The Labute approximate surface area is 202 Å². The van der Waals surface area contributed by atoms with E-state index in [2.05, 4.69) is 5.32 Å². The van der Waals surface area contributed by atoms with Gasteiger partial charge in [-0.2, -0.15) is 0 Å². The Morgan fingerprint density at radius 1 is 1.24 bits per heavy atom. The van der Waals surface area contributed by atoms with Gasteiger partial charge in [-0.25, -0.2) is 4.79 Å². The number of nitrogens with zero attached hydrogens (tertiary/aromatic N) is 2. The van der Waals surface area contributed by atoms with Crippen molar-refractivity contribution in [2.75, 3.05) is 13.2 Å². The maximum Gasteiger partial charge on any atom is 0.341 e. The van der Waals surface area contributed by atoms with Gasteiger partial charge in [-0.15, -0.1) is 11.3 Å². The Kier molecular flexibility index (Phi) is 6.54. The van der Waals surface area contributed by atoms with Crippen LogP contribution in [0.15, 0.2) is 11.6 Å². The highest BCUT2D eigenvalue weighted by molar-refractivity contribution is 7.80. The summed E-state index contributed by atoms with van der Waals surface area (Å²) in [6.07, 6.45) is 5.62. The van der Waals surface area contributed by atoms with Crippen LogP contribution in [0.1, 0.15) is 64.4 Å². The monoisotopic (exact) mass is 485 g/mol. The standard InChI is InChI=1S/C24H27N3O4S2/c1-5-26-21(29)17(20(28)25-24(26)32)12-15-11-13(3)27(14(15)4)22-19(23(30)31-6-2)16-9-7-8-10-18(16)33-22/h11-12H,5-10H2,1-4H3,(H,25,28,32)/b17-12+. The van der Waals surface area contributed by atoms with Crippen LogP contribution >= 0.6 is 23.6 Å². The molecule has 0 bridgehead atoms. The summed E-state index contributed by atoms with van der Waals surface area (Å²) in [5, 5.41) is 3.55. The molecule has 7 nitrogen and oxygen atoms in total. The van der Waals surface area contributed by atoms with Gasteiger partial charge in [0, 0.05) is 22.8 Å². The molecule has 0 spiro atoms. The quantitative estimate of drug-likeness (QED) is 0.301. The first kappa shape index (κ1) is 23.4. The molecule has 3 heterocycles. The molecule has 1 aliphatic heterocycles. The van der Waals surface area contributed by atoms with Crippen molar-refractivity contribution < 1.29 is 19.1 Å². The summed E-state index contributed by atoms with van der Waals surface area (Å²) in [7, 11) is 0. The number of fused-ring (bicyclic) bond motifs is 1. The molecule has 0 saturated carbocycles. The topological polar surface area (TPSA) is 80.6 Å². The number of esters is 1. The minimum atomic E-state index is -0.502. The number of thiophene rings is 1. The molecule has 9 heteroatoms. The number of aromatic nitrogens is 1. The smallest absolute Gasteiger partial charge is 0.341 e. The van der Waals surface area contributed by atoms with E-state index < -0.39 is 11.8 Å². The van der Waals surface area contributed by atoms with Gasteiger partial charge in [0.05, 0.1) is 12.2 Å². The summed E-state index contributed by atoms with van der Waals surface area (Å²) in [6.45, 7) is 8.19. The van der Waals surface area contributed by atoms with Gasteiger partial charge in [0.25, 0.3) is 11.8 Å². The summed E-state index contributed by atoms with van der Waals surface area (Å²) in [4.78, 5) is 40.9. The molecule has 33 heavy (non-hydrogen) atoms. The second-order valence-corrected chi connectivity index (χ2v) is 9.61. The number of ether oxygens (including phenoxy) is 1. The Balaban J connectivity index is 1.83. The third kappa shape index (κ3) is 4.04. The zero-order chi connectivity index (χ0) is 23.9. The first-order chi connectivity index (χ1) is 15.8. The summed E-state index contributed by atoms with van der Waals surface area (Å²) in [5.74, 6) is -1.21. The average Bonchev–Trinajstić information content (AvgIpc) is 3.27. The molecule has 1 aliphatic carbocycles. The number of rotatable bonds is 5. The Hall–Kier alpha value is -2.78. The van der Waals surface area contributed by atoms with E-state index in [1.165, 1.54) is 9.78 Å². The van der Waals surface area contributed by atoms with Gasteiger partial charge < -0.3 is 9.30 Å². The third-order valence-electron chi connectivity index (χ3n) is 6.11. The van der Waals surface area contributed by atoms with Gasteiger partial charge >= 0.3 is 5.97 Å². The number of hydrogen-bond acceptors (Lipinski definition) is 6. The fraction of sp³-hybridized carbons (Fsp3) is 0.417. The predicted octanol–water partition coefficient (Wildman–Crippen LogP) is 3.86. The lowest BCUT2D eigenvalue weighted by molar-refractivity contribution is -0.128. The molecule has 0 radical (unpaired) electrons. The van der Waals surface area contributed by atoms with Crippen molar-refractivity contribution in [1.29, 1.82) is 0 Å². The van der Waals surface area contributed by atoms with Crippen LogP contribution in [0.25, 0.3) is 11.1 Å². The van der Waals surface area contributed by atoms with Gasteiger partial charge in [-0.3, -0.25) is 19.8 Å². The zero-order valence-corrected chi connectivity index (χ0v) is 20.9. The lowest BCUT2D eigenvalue weighted by Gasteiger charge is -2.27. The fourth-order valence-corrected chi connectivity index (χ4v) is 6.30. The van der Waals surface area contributed by atoms with Gasteiger partial charge in [0.1, 0.15) is 10.6 Å². The zero-order valence-electron chi connectivity index (χ0n) is 19.2. The Bertz CT molecular complexity index is 1200.